The number of aliphatic hydroxyl groups is 1. The Bertz CT molecular complexity index is 1330. The summed E-state index contributed by atoms with van der Waals surface area (Å²) in [4.78, 5) is 28.5. The highest BCUT2D eigenvalue weighted by atomic mass is 16.5. The van der Waals surface area contributed by atoms with Gasteiger partial charge in [-0.15, -0.1) is 6.58 Å². The molecule has 3 heterocycles. The van der Waals surface area contributed by atoms with Crippen molar-refractivity contribution in [3.05, 3.63) is 66.5 Å². The molecular weight excluding hydrogens is 498 g/mol. The van der Waals surface area contributed by atoms with Crippen LogP contribution in [0, 0.1) is 0 Å². The number of anilines is 5. The van der Waals surface area contributed by atoms with Gasteiger partial charge in [0, 0.05) is 44.7 Å². The number of methoxy groups -OCH3 is 2. The van der Waals surface area contributed by atoms with E-state index in [0.29, 0.717) is 23.8 Å². The van der Waals surface area contributed by atoms with Gasteiger partial charge in [0.15, 0.2) is 0 Å². The normalized spacial score (nSPS) is 15.1. The molecule has 0 bridgehead atoms. The van der Waals surface area contributed by atoms with Gasteiger partial charge in [-0.3, -0.25) is 4.79 Å². The van der Waals surface area contributed by atoms with Crippen molar-refractivity contribution in [3.8, 4) is 5.75 Å². The molecular formula is C28H35N7O4. The minimum atomic E-state index is -1.13. The fourth-order valence-electron chi connectivity index (χ4n) is 4.22. The number of benzene rings is 1. The van der Waals surface area contributed by atoms with Crippen molar-refractivity contribution in [3.63, 3.8) is 0 Å². The SMILES string of the molecule is C=CCNC(=O)c1cnc(Nc2ccc(N3CCC(OC)C3)c(OC)c2)nc1Nc1cccc(C(C)(C)O)n1. The number of aromatic nitrogens is 3. The van der Waals surface area contributed by atoms with Crippen LogP contribution in [-0.2, 0) is 10.3 Å². The van der Waals surface area contributed by atoms with E-state index >= 15 is 0 Å². The van der Waals surface area contributed by atoms with Crippen LogP contribution in [0.3, 0.4) is 0 Å². The van der Waals surface area contributed by atoms with Gasteiger partial charge in [0.25, 0.3) is 5.91 Å². The monoisotopic (exact) mass is 533 g/mol. The average molecular weight is 534 g/mol. The molecule has 206 valence electrons. The Morgan fingerprint density at radius 2 is 2.05 bits per heavy atom. The Morgan fingerprint density at radius 3 is 2.74 bits per heavy atom. The molecule has 0 saturated carbocycles. The second-order valence-electron chi connectivity index (χ2n) is 9.65. The van der Waals surface area contributed by atoms with Crippen molar-refractivity contribution in [2.45, 2.75) is 32.0 Å². The maximum atomic E-state index is 12.8. The second kappa shape index (κ2) is 12.1. The van der Waals surface area contributed by atoms with Crippen LogP contribution in [0.5, 0.6) is 5.75 Å². The summed E-state index contributed by atoms with van der Waals surface area (Å²) in [6, 6.07) is 11.0. The van der Waals surface area contributed by atoms with Crippen molar-refractivity contribution >= 4 is 34.9 Å². The van der Waals surface area contributed by atoms with Gasteiger partial charge in [-0.2, -0.15) is 4.98 Å². The molecule has 4 rings (SSSR count). The van der Waals surface area contributed by atoms with Crippen molar-refractivity contribution in [2.24, 2.45) is 0 Å². The van der Waals surface area contributed by atoms with Crippen LogP contribution < -0.4 is 25.6 Å². The fraction of sp³-hybridized carbons (Fsp3) is 0.357. The Morgan fingerprint density at radius 1 is 1.23 bits per heavy atom. The maximum Gasteiger partial charge on any atom is 0.256 e. The summed E-state index contributed by atoms with van der Waals surface area (Å²) in [6.45, 7) is 8.92. The van der Waals surface area contributed by atoms with E-state index in [2.05, 4.69) is 42.4 Å². The van der Waals surface area contributed by atoms with Gasteiger partial charge < -0.3 is 35.4 Å². The first kappa shape index (κ1) is 27.8. The molecule has 1 aliphatic heterocycles. The van der Waals surface area contributed by atoms with Gasteiger partial charge in [-0.05, 0) is 44.5 Å². The highest BCUT2D eigenvalue weighted by Crippen LogP contribution is 2.34. The average Bonchev–Trinajstić information content (AvgIpc) is 3.41. The van der Waals surface area contributed by atoms with Gasteiger partial charge in [-0.25, -0.2) is 9.97 Å². The van der Waals surface area contributed by atoms with Crippen LogP contribution in [0.15, 0.2) is 55.3 Å². The number of nitrogens with one attached hydrogen (secondary N) is 3. The lowest BCUT2D eigenvalue weighted by molar-refractivity contribution is 0.0740. The highest BCUT2D eigenvalue weighted by Gasteiger charge is 2.25. The third kappa shape index (κ3) is 6.81. The molecule has 1 atom stereocenters. The minimum Gasteiger partial charge on any atom is -0.495 e. The van der Waals surface area contributed by atoms with E-state index in [1.807, 2.05) is 18.2 Å². The number of hydrogen-bond donors (Lipinski definition) is 4. The zero-order valence-electron chi connectivity index (χ0n) is 22.7. The molecule has 1 saturated heterocycles. The molecule has 1 fully saturated rings. The first-order chi connectivity index (χ1) is 18.7. The van der Waals surface area contributed by atoms with Gasteiger partial charge in [0.2, 0.25) is 5.95 Å². The van der Waals surface area contributed by atoms with Gasteiger partial charge >= 0.3 is 0 Å². The lowest BCUT2D eigenvalue weighted by Crippen LogP contribution is -2.25. The molecule has 1 amide bonds. The molecule has 1 aliphatic rings. The van der Waals surface area contributed by atoms with E-state index in [-0.39, 0.29) is 29.3 Å². The third-order valence-corrected chi connectivity index (χ3v) is 6.32. The summed E-state index contributed by atoms with van der Waals surface area (Å²) in [5, 5.41) is 19.4. The van der Waals surface area contributed by atoms with Gasteiger partial charge in [0.1, 0.15) is 28.5 Å². The van der Waals surface area contributed by atoms with Crippen molar-refractivity contribution in [2.75, 3.05) is 49.4 Å². The van der Waals surface area contributed by atoms with Crippen LogP contribution in [-0.4, -0.2) is 65.9 Å². The quantitative estimate of drug-likeness (QED) is 0.270. The molecule has 11 heteroatoms. The number of nitrogens with zero attached hydrogens (tertiary/aromatic N) is 4. The number of pyridine rings is 1. The number of ether oxygens (including phenoxy) is 2. The molecule has 1 unspecified atom stereocenters. The lowest BCUT2D eigenvalue weighted by Gasteiger charge is -2.22. The molecule has 0 spiro atoms. The summed E-state index contributed by atoms with van der Waals surface area (Å²) in [5.74, 6) is 1.28. The van der Waals surface area contributed by atoms with Crippen molar-refractivity contribution in [1.29, 1.82) is 0 Å². The predicted molar refractivity (Wildman–Crippen MR) is 151 cm³/mol. The van der Waals surface area contributed by atoms with Crippen molar-refractivity contribution in [1.82, 2.24) is 20.3 Å². The summed E-state index contributed by atoms with van der Waals surface area (Å²) < 4.78 is 11.2. The summed E-state index contributed by atoms with van der Waals surface area (Å²) >= 11 is 0. The summed E-state index contributed by atoms with van der Waals surface area (Å²) in [5.41, 5.74) is 1.27. The van der Waals surface area contributed by atoms with Crippen LogP contribution in [0.25, 0.3) is 0 Å². The van der Waals surface area contributed by atoms with Gasteiger partial charge in [-0.1, -0.05) is 12.1 Å². The number of carbonyl (C=O) groups excluding carboxylic acids is 1. The van der Waals surface area contributed by atoms with E-state index in [4.69, 9.17) is 9.47 Å². The van der Waals surface area contributed by atoms with Crippen LogP contribution in [0.2, 0.25) is 0 Å². The standard InChI is InChI=1S/C28H35N7O4/c1-6-13-29-26(36)20-16-30-27(34-25(20)33-24-9-7-8-23(32-24)28(2,3)37)31-18-10-11-21(22(15-18)39-5)35-14-12-19(17-35)38-4/h6-11,15-16,19,37H,1,12-14,17H2,2-5H3,(H,29,36)(H2,30,31,32,33,34). The van der Waals surface area contributed by atoms with Crippen LogP contribution in [0.4, 0.5) is 29.0 Å². The molecule has 0 aliphatic carbocycles. The molecule has 3 aromatic rings. The van der Waals surface area contributed by atoms with Crippen LogP contribution in [0.1, 0.15) is 36.3 Å². The van der Waals surface area contributed by atoms with Crippen LogP contribution >= 0.6 is 0 Å². The first-order valence-corrected chi connectivity index (χ1v) is 12.7. The smallest absolute Gasteiger partial charge is 0.256 e. The molecule has 11 nitrogen and oxygen atoms in total. The van der Waals surface area contributed by atoms with E-state index < -0.39 is 5.60 Å². The fourth-order valence-corrected chi connectivity index (χ4v) is 4.22. The number of amides is 1. The molecule has 4 N–H and O–H groups in total. The van der Waals surface area contributed by atoms with Gasteiger partial charge in [0.05, 0.1) is 24.6 Å². The molecule has 1 aromatic carbocycles. The summed E-state index contributed by atoms with van der Waals surface area (Å²) in [6.07, 6.45) is 4.19. The first-order valence-electron chi connectivity index (χ1n) is 12.7. The Hall–Kier alpha value is -4.22. The molecule has 39 heavy (non-hydrogen) atoms. The Kier molecular flexibility index (Phi) is 8.62. The topological polar surface area (TPSA) is 134 Å². The van der Waals surface area contributed by atoms with E-state index in [0.717, 1.165) is 30.9 Å². The predicted octanol–water partition coefficient (Wildman–Crippen LogP) is 3.74. The zero-order chi connectivity index (χ0) is 28.0. The van der Waals surface area contributed by atoms with Crippen molar-refractivity contribution < 1.29 is 19.4 Å². The number of rotatable bonds is 11. The lowest BCUT2D eigenvalue weighted by atomic mass is 10.1. The highest BCUT2D eigenvalue weighted by molar-refractivity contribution is 5.99. The van der Waals surface area contributed by atoms with E-state index in [1.54, 1.807) is 52.3 Å². The number of carbonyl (C=O) groups is 1. The zero-order valence-corrected chi connectivity index (χ0v) is 22.7. The summed E-state index contributed by atoms with van der Waals surface area (Å²) in [7, 11) is 3.37. The Labute approximate surface area is 228 Å². The molecule has 2 aromatic heterocycles. The van der Waals surface area contributed by atoms with E-state index in [9.17, 15) is 9.90 Å². The third-order valence-electron chi connectivity index (χ3n) is 6.32. The molecule has 0 radical (unpaired) electrons. The second-order valence-corrected chi connectivity index (χ2v) is 9.65. The minimum absolute atomic E-state index is 0.202. The Balaban J connectivity index is 1.61. The number of hydrogen-bond acceptors (Lipinski definition) is 10. The largest absolute Gasteiger partial charge is 0.495 e. The van der Waals surface area contributed by atoms with E-state index in [1.165, 1.54) is 6.20 Å². The maximum absolute atomic E-state index is 12.8.